The van der Waals surface area contributed by atoms with E-state index in [4.69, 9.17) is 9.47 Å². The van der Waals surface area contributed by atoms with E-state index in [0.717, 1.165) is 0 Å². The molecule has 4 heteroatoms. The van der Waals surface area contributed by atoms with Crippen molar-refractivity contribution in [3.63, 3.8) is 0 Å². The first kappa shape index (κ1) is 9.30. The number of ether oxygens (including phenoxy) is 2. The van der Waals surface area contributed by atoms with Crippen LogP contribution < -0.4 is 4.74 Å². The molecule has 0 bridgehead atoms. The molecule has 2 rings (SSSR count). The second-order valence-corrected chi connectivity index (χ2v) is 3.25. The van der Waals surface area contributed by atoms with Gasteiger partial charge in [-0.15, -0.1) is 0 Å². The number of hydrogen-bond donors (Lipinski definition) is 2. The summed E-state index contributed by atoms with van der Waals surface area (Å²) in [6.45, 7) is 0.588. The van der Waals surface area contributed by atoms with Gasteiger partial charge in [-0.05, 0) is 17.7 Å². The number of phenolic OH excluding ortho intramolecular Hbond substituents is 1. The van der Waals surface area contributed by atoms with Crippen molar-refractivity contribution >= 4 is 0 Å². The third-order valence-electron chi connectivity index (χ3n) is 2.26. The molecular weight excluding hydrogens is 184 g/mol. The van der Waals surface area contributed by atoms with Crippen LogP contribution in [0.5, 0.6) is 11.5 Å². The third-order valence-corrected chi connectivity index (χ3v) is 2.26. The van der Waals surface area contributed by atoms with Crippen LogP contribution in [-0.4, -0.2) is 30.0 Å². The van der Waals surface area contributed by atoms with Gasteiger partial charge < -0.3 is 19.7 Å². The maximum absolute atomic E-state index is 9.71. The Kier molecular flexibility index (Phi) is 2.31. The summed E-state index contributed by atoms with van der Waals surface area (Å²) in [7, 11) is 1.47. The first-order valence-electron chi connectivity index (χ1n) is 4.39. The molecule has 1 aromatic rings. The lowest BCUT2D eigenvalue weighted by Gasteiger charge is -2.10. The number of hydrogen-bond acceptors (Lipinski definition) is 4. The fourth-order valence-electron chi connectivity index (χ4n) is 1.33. The second-order valence-electron chi connectivity index (χ2n) is 3.25. The number of benzene rings is 1. The largest absolute Gasteiger partial charge is 0.504 e. The van der Waals surface area contributed by atoms with Crippen molar-refractivity contribution < 1.29 is 19.7 Å². The van der Waals surface area contributed by atoms with Crippen LogP contribution in [0.2, 0.25) is 0 Å². The maximum Gasteiger partial charge on any atom is 0.160 e. The molecule has 0 aliphatic carbocycles. The quantitative estimate of drug-likeness (QED) is 0.703. The van der Waals surface area contributed by atoms with Crippen LogP contribution in [-0.2, 0) is 4.74 Å². The van der Waals surface area contributed by atoms with Gasteiger partial charge in [0.1, 0.15) is 12.2 Å². The predicted molar refractivity (Wildman–Crippen MR) is 49.4 cm³/mol. The van der Waals surface area contributed by atoms with Crippen molar-refractivity contribution in [2.75, 3.05) is 13.7 Å². The molecule has 0 saturated carbocycles. The lowest BCUT2D eigenvalue weighted by molar-refractivity contribution is 0.136. The number of methoxy groups -OCH3 is 1. The Bertz CT molecular complexity index is 333. The van der Waals surface area contributed by atoms with Crippen molar-refractivity contribution in [3.8, 4) is 11.5 Å². The Morgan fingerprint density at radius 3 is 2.86 bits per heavy atom. The van der Waals surface area contributed by atoms with Crippen molar-refractivity contribution in [2.24, 2.45) is 0 Å². The third kappa shape index (κ3) is 1.66. The second kappa shape index (κ2) is 3.48. The average molecular weight is 196 g/mol. The van der Waals surface area contributed by atoms with E-state index >= 15 is 0 Å². The van der Waals surface area contributed by atoms with Gasteiger partial charge in [0.05, 0.1) is 13.7 Å². The number of epoxide rings is 1. The fraction of sp³-hybridized carbons (Fsp3) is 0.400. The zero-order chi connectivity index (χ0) is 10.1. The topological polar surface area (TPSA) is 62.2 Å². The number of aliphatic hydroxyl groups excluding tert-OH is 1. The summed E-state index contributed by atoms with van der Waals surface area (Å²) in [6.07, 6.45) is -0.742. The van der Waals surface area contributed by atoms with Gasteiger partial charge in [-0.1, -0.05) is 6.07 Å². The van der Waals surface area contributed by atoms with E-state index in [1.54, 1.807) is 12.1 Å². The molecule has 14 heavy (non-hydrogen) atoms. The molecule has 2 atom stereocenters. The lowest BCUT2D eigenvalue weighted by Crippen LogP contribution is -2.04. The highest BCUT2D eigenvalue weighted by molar-refractivity contribution is 5.42. The molecule has 2 unspecified atom stereocenters. The molecule has 1 aromatic carbocycles. The van der Waals surface area contributed by atoms with E-state index < -0.39 is 6.10 Å². The summed E-state index contributed by atoms with van der Waals surface area (Å²) in [5.74, 6) is 0.433. The van der Waals surface area contributed by atoms with Gasteiger partial charge >= 0.3 is 0 Å². The Morgan fingerprint density at radius 2 is 2.29 bits per heavy atom. The molecule has 4 nitrogen and oxygen atoms in total. The van der Waals surface area contributed by atoms with E-state index in [0.29, 0.717) is 17.9 Å². The molecule has 1 fully saturated rings. The summed E-state index contributed by atoms with van der Waals surface area (Å²) in [4.78, 5) is 0. The van der Waals surface area contributed by atoms with Crippen molar-refractivity contribution in [2.45, 2.75) is 12.2 Å². The molecule has 0 radical (unpaired) electrons. The number of rotatable bonds is 3. The monoisotopic (exact) mass is 196 g/mol. The minimum atomic E-state index is -0.635. The Balaban J connectivity index is 2.25. The van der Waals surface area contributed by atoms with Crippen LogP contribution in [0.15, 0.2) is 18.2 Å². The minimum Gasteiger partial charge on any atom is -0.504 e. The zero-order valence-electron chi connectivity index (χ0n) is 7.80. The van der Waals surface area contributed by atoms with Gasteiger partial charge in [0, 0.05) is 0 Å². The molecule has 76 valence electrons. The van der Waals surface area contributed by atoms with Gasteiger partial charge in [0.2, 0.25) is 0 Å². The van der Waals surface area contributed by atoms with Gasteiger partial charge in [0.25, 0.3) is 0 Å². The highest BCUT2D eigenvalue weighted by Gasteiger charge is 2.32. The minimum absolute atomic E-state index is 0.0696. The Hall–Kier alpha value is -1.26. The summed E-state index contributed by atoms with van der Waals surface area (Å²) < 4.78 is 9.91. The molecule has 1 heterocycles. The standard InChI is InChI=1S/C10H12O4/c1-13-8-4-6(2-3-7(8)11)10(12)9-5-14-9/h2-4,9-12H,5H2,1H3. The summed E-state index contributed by atoms with van der Waals surface area (Å²) >= 11 is 0. The average Bonchev–Trinajstić information content (AvgIpc) is 3.01. The van der Waals surface area contributed by atoms with Gasteiger partial charge in [-0.25, -0.2) is 0 Å². The summed E-state index contributed by atoms with van der Waals surface area (Å²) in [6, 6.07) is 4.77. The summed E-state index contributed by atoms with van der Waals surface area (Å²) in [5, 5.41) is 19.0. The molecule has 1 aliphatic rings. The zero-order valence-corrected chi connectivity index (χ0v) is 7.80. The summed E-state index contributed by atoms with van der Waals surface area (Å²) in [5.41, 5.74) is 0.696. The van der Waals surface area contributed by atoms with E-state index in [2.05, 4.69) is 0 Å². The van der Waals surface area contributed by atoms with Crippen LogP contribution in [0.4, 0.5) is 0 Å². The van der Waals surface area contributed by atoms with Crippen molar-refractivity contribution in [1.82, 2.24) is 0 Å². The first-order valence-corrected chi connectivity index (χ1v) is 4.39. The molecule has 1 saturated heterocycles. The van der Waals surface area contributed by atoms with Crippen LogP contribution in [0, 0.1) is 0 Å². The van der Waals surface area contributed by atoms with Crippen LogP contribution in [0.1, 0.15) is 11.7 Å². The molecule has 1 aliphatic heterocycles. The van der Waals surface area contributed by atoms with Gasteiger partial charge in [-0.2, -0.15) is 0 Å². The highest BCUT2D eigenvalue weighted by atomic mass is 16.6. The number of aliphatic hydroxyl groups is 1. The van der Waals surface area contributed by atoms with E-state index in [1.807, 2.05) is 0 Å². The predicted octanol–water partition coefficient (Wildman–Crippen LogP) is 0.833. The first-order chi connectivity index (χ1) is 6.72. The van der Waals surface area contributed by atoms with Gasteiger partial charge in [-0.3, -0.25) is 0 Å². The van der Waals surface area contributed by atoms with Crippen molar-refractivity contribution in [1.29, 1.82) is 0 Å². The molecule has 0 aromatic heterocycles. The van der Waals surface area contributed by atoms with Crippen LogP contribution in [0.25, 0.3) is 0 Å². The Morgan fingerprint density at radius 1 is 1.57 bits per heavy atom. The van der Waals surface area contributed by atoms with Crippen molar-refractivity contribution in [3.05, 3.63) is 23.8 Å². The lowest BCUT2D eigenvalue weighted by atomic mass is 10.1. The SMILES string of the molecule is COc1cc(C(O)C2CO2)ccc1O. The number of phenols is 1. The van der Waals surface area contributed by atoms with E-state index in [-0.39, 0.29) is 11.9 Å². The van der Waals surface area contributed by atoms with E-state index in [1.165, 1.54) is 13.2 Å². The van der Waals surface area contributed by atoms with Crippen LogP contribution >= 0.6 is 0 Å². The van der Waals surface area contributed by atoms with E-state index in [9.17, 15) is 10.2 Å². The normalized spacial score (nSPS) is 21.7. The van der Waals surface area contributed by atoms with Gasteiger partial charge in [0.15, 0.2) is 11.5 Å². The number of aromatic hydroxyl groups is 1. The van der Waals surface area contributed by atoms with Crippen LogP contribution in [0.3, 0.4) is 0 Å². The molecule has 0 amide bonds. The smallest absolute Gasteiger partial charge is 0.160 e. The molecule has 0 spiro atoms. The fourth-order valence-corrected chi connectivity index (χ4v) is 1.33. The highest BCUT2D eigenvalue weighted by Crippen LogP contribution is 2.33. The maximum atomic E-state index is 9.71. The Labute approximate surface area is 81.7 Å². The molecular formula is C10H12O4. The molecule has 2 N–H and O–H groups in total.